The Balaban J connectivity index is 2.23. The minimum Gasteiger partial charge on any atom is -0.481 e. The van der Waals surface area contributed by atoms with E-state index in [9.17, 15) is 13.2 Å². The zero-order valence-corrected chi connectivity index (χ0v) is 12.9. The lowest BCUT2D eigenvalue weighted by atomic mass is 10.3. The van der Waals surface area contributed by atoms with E-state index in [-0.39, 0.29) is 23.9 Å². The van der Waals surface area contributed by atoms with E-state index in [1.807, 2.05) is 12.2 Å². The number of aryl methyl sites for hydroxylation is 2. The number of carbonyl (C=O) groups is 1. The molecule has 0 radical (unpaired) electrons. The summed E-state index contributed by atoms with van der Waals surface area (Å²) in [7, 11) is -3.64. The minimum absolute atomic E-state index is 0.0958. The summed E-state index contributed by atoms with van der Waals surface area (Å²) < 4.78 is 29.1. The molecule has 0 bridgehead atoms. The quantitative estimate of drug-likeness (QED) is 0.762. The van der Waals surface area contributed by atoms with Gasteiger partial charge in [0.25, 0.3) is 0 Å². The molecule has 0 saturated heterocycles. The van der Waals surface area contributed by atoms with E-state index in [2.05, 4.69) is 9.82 Å². The zero-order chi connectivity index (χ0) is 15.6. The molecule has 1 aromatic rings. The Hall–Kier alpha value is -1.67. The van der Waals surface area contributed by atoms with Gasteiger partial charge in [-0.2, -0.15) is 5.10 Å². The average molecular weight is 313 g/mol. The van der Waals surface area contributed by atoms with E-state index in [0.29, 0.717) is 24.2 Å². The lowest BCUT2D eigenvalue weighted by Crippen LogP contribution is -2.33. The first-order chi connectivity index (χ1) is 9.81. The molecule has 21 heavy (non-hydrogen) atoms. The van der Waals surface area contributed by atoms with Crippen molar-refractivity contribution >= 4 is 16.0 Å². The van der Waals surface area contributed by atoms with Crippen LogP contribution in [0.5, 0.6) is 0 Å². The molecule has 0 saturated carbocycles. The standard InChI is InChI=1S/C13H19N3O4S/c1-9-13(10(2)16(14-9)8-7-12(17)18)21(19,20)15-11-5-3-4-6-11/h3-4,11,15H,5-8H2,1-2H3,(H,17,18). The largest absolute Gasteiger partial charge is 0.481 e. The Morgan fingerprint density at radius 2 is 2.05 bits per heavy atom. The third kappa shape index (κ3) is 3.51. The van der Waals surface area contributed by atoms with Crippen LogP contribution in [0.2, 0.25) is 0 Å². The van der Waals surface area contributed by atoms with E-state index in [1.165, 1.54) is 4.68 Å². The Kier molecular flexibility index (Phi) is 4.48. The van der Waals surface area contributed by atoms with Gasteiger partial charge in [0.1, 0.15) is 4.90 Å². The SMILES string of the molecule is Cc1nn(CCC(=O)O)c(C)c1S(=O)(=O)NC1CC=CC1. The molecule has 1 heterocycles. The summed E-state index contributed by atoms with van der Waals surface area (Å²) in [5, 5.41) is 12.9. The van der Waals surface area contributed by atoms with Crippen molar-refractivity contribution in [2.24, 2.45) is 0 Å². The van der Waals surface area contributed by atoms with Gasteiger partial charge >= 0.3 is 5.97 Å². The van der Waals surface area contributed by atoms with Crippen LogP contribution in [0.3, 0.4) is 0 Å². The predicted octanol–water partition coefficient (Wildman–Crippen LogP) is 0.972. The monoisotopic (exact) mass is 313 g/mol. The highest BCUT2D eigenvalue weighted by atomic mass is 32.2. The highest BCUT2D eigenvalue weighted by molar-refractivity contribution is 7.89. The first kappa shape index (κ1) is 15.7. The molecule has 2 N–H and O–H groups in total. The van der Waals surface area contributed by atoms with E-state index in [4.69, 9.17) is 5.11 Å². The zero-order valence-electron chi connectivity index (χ0n) is 12.0. The highest BCUT2D eigenvalue weighted by Crippen LogP contribution is 2.21. The van der Waals surface area contributed by atoms with Crippen LogP contribution in [0.15, 0.2) is 17.0 Å². The number of hydrogen-bond donors (Lipinski definition) is 2. The molecule has 1 aromatic heterocycles. The summed E-state index contributed by atoms with van der Waals surface area (Å²) in [6, 6.07) is -0.115. The smallest absolute Gasteiger partial charge is 0.305 e. The van der Waals surface area contributed by atoms with Gasteiger partial charge in [0.15, 0.2) is 0 Å². The number of rotatable bonds is 6. The van der Waals surface area contributed by atoms with Crippen molar-refractivity contribution in [2.45, 2.75) is 50.6 Å². The second-order valence-electron chi connectivity index (χ2n) is 5.13. The summed E-state index contributed by atoms with van der Waals surface area (Å²) in [5.74, 6) is -0.942. The molecule has 116 valence electrons. The van der Waals surface area contributed by atoms with Crippen LogP contribution in [-0.2, 0) is 21.4 Å². The molecular weight excluding hydrogens is 294 g/mol. The topological polar surface area (TPSA) is 101 Å². The molecule has 1 aliphatic rings. The fourth-order valence-electron chi connectivity index (χ4n) is 2.48. The van der Waals surface area contributed by atoms with Crippen LogP contribution in [0.4, 0.5) is 0 Å². The molecule has 0 aromatic carbocycles. The molecular formula is C13H19N3O4S. The van der Waals surface area contributed by atoms with E-state index >= 15 is 0 Å². The van der Waals surface area contributed by atoms with Gasteiger partial charge in [-0.05, 0) is 26.7 Å². The molecule has 0 spiro atoms. The van der Waals surface area contributed by atoms with Gasteiger partial charge in [0.2, 0.25) is 10.0 Å². The summed E-state index contributed by atoms with van der Waals surface area (Å²) in [5.41, 5.74) is 0.851. The van der Waals surface area contributed by atoms with Crippen molar-refractivity contribution in [2.75, 3.05) is 0 Å². The Labute approximate surface area is 123 Å². The third-order valence-electron chi connectivity index (χ3n) is 3.45. The maximum Gasteiger partial charge on any atom is 0.305 e. The molecule has 0 aliphatic heterocycles. The number of carboxylic acids is 1. The fraction of sp³-hybridized carbons (Fsp3) is 0.538. The first-order valence-corrected chi connectivity index (χ1v) is 8.22. The maximum atomic E-state index is 12.5. The van der Waals surface area contributed by atoms with Crippen molar-refractivity contribution in [1.82, 2.24) is 14.5 Å². The Morgan fingerprint density at radius 1 is 1.43 bits per heavy atom. The molecule has 1 aliphatic carbocycles. The lowest BCUT2D eigenvalue weighted by molar-refractivity contribution is -0.137. The number of nitrogens with zero attached hydrogens (tertiary/aromatic N) is 2. The molecule has 7 nitrogen and oxygen atoms in total. The Morgan fingerprint density at radius 3 is 2.62 bits per heavy atom. The first-order valence-electron chi connectivity index (χ1n) is 6.74. The number of hydrogen-bond acceptors (Lipinski definition) is 4. The second-order valence-corrected chi connectivity index (χ2v) is 6.78. The number of aliphatic carboxylic acids is 1. The second kappa shape index (κ2) is 5.98. The maximum absolute atomic E-state index is 12.5. The third-order valence-corrected chi connectivity index (χ3v) is 5.22. The number of carboxylic acid groups (broad SMARTS) is 1. The summed E-state index contributed by atoms with van der Waals surface area (Å²) in [4.78, 5) is 10.8. The number of nitrogens with one attached hydrogen (secondary N) is 1. The van der Waals surface area contributed by atoms with Crippen molar-refractivity contribution in [3.63, 3.8) is 0 Å². The van der Waals surface area contributed by atoms with Crippen LogP contribution in [0, 0.1) is 13.8 Å². The summed E-state index contributed by atoms with van der Waals surface area (Å²) in [6.45, 7) is 3.41. The van der Waals surface area contributed by atoms with Crippen LogP contribution in [0.1, 0.15) is 30.7 Å². The van der Waals surface area contributed by atoms with Crippen molar-refractivity contribution in [3.8, 4) is 0 Å². The van der Waals surface area contributed by atoms with E-state index < -0.39 is 16.0 Å². The van der Waals surface area contributed by atoms with Crippen LogP contribution >= 0.6 is 0 Å². The Bertz CT molecular complexity index is 668. The van der Waals surface area contributed by atoms with Crippen molar-refractivity contribution < 1.29 is 18.3 Å². The lowest BCUT2D eigenvalue weighted by Gasteiger charge is -2.13. The molecule has 0 fully saturated rings. The highest BCUT2D eigenvalue weighted by Gasteiger charge is 2.27. The average Bonchev–Trinajstić information content (AvgIpc) is 2.94. The molecule has 0 unspecified atom stereocenters. The normalized spacial score (nSPS) is 15.7. The minimum atomic E-state index is -3.64. The van der Waals surface area contributed by atoms with Crippen LogP contribution in [-0.4, -0.2) is 35.3 Å². The summed E-state index contributed by atoms with van der Waals surface area (Å²) in [6.07, 6.45) is 5.17. The van der Waals surface area contributed by atoms with Gasteiger partial charge in [-0.25, -0.2) is 13.1 Å². The van der Waals surface area contributed by atoms with Gasteiger partial charge in [-0.1, -0.05) is 12.2 Å². The van der Waals surface area contributed by atoms with Crippen LogP contribution < -0.4 is 4.72 Å². The van der Waals surface area contributed by atoms with E-state index in [1.54, 1.807) is 13.8 Å². The van der Waals surface area contributed by atoms with Gasteiger partial charge in [0.05, 0.1) is 24.4 Å². The van der Waals surface area contributed by atoms with Crippen molar-refractivity contribution in [3.05, 3.63) is 23.5 Å². The molecule has 8 heteroatoms. The van der Waals surface area contributed by atoms with Gasteiger partial charge < -0.3 is 5.11 Å². The number of sulfonamides is 1. The van der Waals surface area contributed by atoms with E-state index in [0.717, 1.165) is 0 Å². The van der Waals surface area contributed by atoms with Crippen LogP contribution in [0.25, 0.3) is 0 Å². The van der Waals surface area contributed by atoms with Crippen molar-refractivity contribution in [1.29, 1.82) is 0 Å². The molecule has 0 amide bonds. The van der Waals surface area contributed by atoms with Gasteiger partial charge in [-0.15, -0.1) is 0 Å². The molecule has 2 rings (SSSR count). The summed E-state index contributed by atoms with van der Waals surface area (Å²) >= 11 is 0. The predicted molar refractivity (Wildman–Crippen MR) is 76.4 cm³/mol. The van der Waals surface area contributed by atoms with Gasteiger partial charge in [-0.3, -0.25) is 9.48 Å². The molecule has 0 atom stereocenters. The van der Waals surface area contributed by atoms with Gasteiger partial charge in [0, 0.05) is 6.04 Å². The fourth-order valence-corrected chi connectivity index (χ4v) is 4.15. The number of aromatic nitrogens is 2.